The van der Waals surface area contributed by atoms with Gasteiger partial charge in [-0.3, -0.25) is 4.79 Å². The number of carboxylic acid groups (broad SMARTS) is 1. The SMILES string of the molecule is CCCN(CCC(=O)O)C(C)C.NC(=O)N1CCCC1. The summed E-state index contributed by atoms with van der Waals surface area (Å²) in [7, 11) is 0. The number of rotatable bonds is 6. The molecule has 0 atom stereocenters. The third-order valence-electron chi connectivity index (χ3n) is 3.27. The van der Waals surface area contributed by atoms with E-state index in [4.69, 9.17) is 10.8 Å². The van der Waals surface area contributed by atoms with E-state index in [1.165, 1.54) is 0 Å². The Balaban J connectivity index is 0.000000388. The Hall–Kier alpha value is -1.30. The van der Waals surface area contributed by atoms with Crippen LogP contribution < -0.4 is 5.73 Å². The molecule has 20 heavy (non-hydrogen) atoms. The molecular weight excluding hydrogens is 258 g/mol. The molecule has 0 aromatic carbocycles. The molecule has 3 N–H and O–H groups in total. The smallest absolute Gasteiger partial charge is 0.314 e. The number of carboxylic acids is 1. The molecule has 1 heterocycles. The molecule has 0 aromatic rings. The molecule has 118 valence electrons. The van der Waals surface area contributed by atoms with E-state index in [1.807, 2.05) is 0 Å². The standard InChI is InChI=1S/C9H19NO2.C5H10N2O/c1-4-6-10(8(2)3)7-5-9(11)12;6-5(8)7-3-1-2-4-7/h8H,4-7H2,1-3H3,(H,11,12);1-4H2,(H2,6,8). The molecule has 6 nitrogen and oxygen atoms in total. The first-order valence-corrected chi connectivity index (χ1v) is 7.38. The Kier molecular flexibility index (Phi) is 9.80. The van der Waals surface area contributed by atoms with E-state index in [2.05, 4.69) is 25.7 Å². The molecular formula is C14H29N3O3. The summed E-state index contributed by atoms with van der Waals surface area (Å²) in [5.41, 5.74) is 4.98. The van der Waals surface area contributed by atoms with E-state index >= 15 is 0 Å². The summed E-state index contributed by atoms with van der Waals surface area (Å²) >= 11 is 0. The zero-order valence-electron chi connectivity index (χ0n) is 13.0. The van der Waals surface area contributed by atoms with Gasteiger partial charge < -0.3 is 20.6 Å². The van der Waals surface area contributed by atoms with E-state index in [0.717, 1.165) is 38.9 Å². The minimum Gasteiger partial charge on any atom is -0.481 e. The summed E-state index contributed by atoms with van der Waals surface area (Å²) in [5.74, 6) is -0.711. The zero-order valence-corrected chi connectivity index (χ0v) is 13.0. The molecule has 0 aliphatic carbocycles. The average Bonchev–Trinajstić information content (AvgIpc) is 2.88. The third kappa shape index (κ3) is 8.74. The molecule has 0 unspecified atom stereocenters. The van der Waals surface area contributed by atoms with Crippen LogP contribution in [0.2, 0.25) is 0 Å². The largest absolute Gasteiger partial charge is 0.481 e. The molecule has 1 aliphatic rings. The van der Waals surface area contributed by atoms with Crippen LogP contribution in [0.25, 0.3) is 0 Å². The van der Waals surface area contributed by atoms with Crippen LogP contribution in [0.3, 0.4) is 0 Å². The van der Waals surface area contributed by atoms with Crippen molar-refractivity contribution in [3.8, 4) is 0 Å². The predicted octanol–water partition coefficient (Wildman–Crippen LogP) is 1.74. The molecule has 0 radical (unpaired) electrons. The Bertz CT molecular complexity index is 289. The van der Waals surface area contributed by atoms with Crippen molar-refractivity contribution in [1.82, 2.24) is 9.80 Å². The monoisotopic (exact) mass is 287 g/mol. The topological polar surface area (TPSA) is 86.9 Å². The van der Waals surface area contributed by atoms with Crippen LogP contribution in [0.1, 0.15) is 46.5 Å². The predicted molar refractivity (Wildman–Crippen MR) is 79.6 cm³/mol. The highest BCUT2D eigenvalue weighted by atomic mass is 16.4. The number of amides is 2. The van der Waals surface area contributed by atoms with E-state index in [1.54, 1.807) is 4.90 Å². The van der Waals surface area contributed by atoms with E-state index in [0.29, 0.717) is 12.6 Å². The number of aliphatic carboxylic acids is 1. The van der Waals surface area contributed by atoms with Gasteiger partial charge >= 0.3 is 12.0 Å². The highest BCUT2D eigenvalue weighted by Gasteiger charge is 2.13. The second kappa shape index (κ2) is 10.5. The second-order valence-corrected chi connectivity index (χ2v) is 5.31. The summed E-state index contributed by atoms with van der Waals surface area (Å²) in [6, 6.07) is 0.173. The number of carbonyl (C=O) groups excluding carboxylic acids is 1. The highest BCUT2D eigenvalue weighted by Crippen LogP contribution is 2.05. The van der Waals surface area contributed by atoms with Crippen LogP contribution in [0.4, 0.5) is 4.79 Å². The van der Waals surface area contributed by atoms with Gasteiger partial charge in [0.15, 0.2) is 0 Å². The van der Waals surface area contributed by atoms with Gasteiger partial charge in [0.25, 0.3) is 0 Å². The number of hydrogen-bond acceptors (Lipinski definition) is 3. The van der Waals surface area contributed by atoms with Crippen molar-refractivity contribution in [2.75, 3.05) is 26.2 Å². The number of urea groups is 1. The number of carbonyl (C=O) groups is 2. The van der Waals surface area contributed by atoms with Crippen molar-refractivity contribution < 1.29 is 14.7 Å². The Morgan fingerprint density at radius 3 is 2.10 bits per heavy atom. The molecule has 1 saturated heterocycles. The first-order chi connectivity index (χ1) is 9.38. The van der Waals surface area contributed by atoms with Gasteiger partial charge in [-0.25, -0.2) is 4.79 Å². The van der Waals surface area contributed by atoms with Crippen LogP contribution in [-0.4, -0.2) is 59.1 Å². The number of nitrogens with two attached hydrogens (primary N) is 1. The zero-order chi connectivity index (χ0) is 15.5. The summed E-state index contributed by atoms with van der Waals surface area (Å²) in [5, 5.41) is 8.49. The molecule has 2 amide bonds. The van der Waals surface area contributed by atoms with Crippen LogP contribution in [-0.2, 0) is 4.79 Å². The number of primary amides is 1. The lowest BCUT2D eigenvalue weighted by atomic mass is 10.2. The normalized spacial score (nSPS) is 14.3. The van der Waals surface area contributed by atoms with Crippen molar-refractivity contribution in [2.45, 2.75) is 52.5 Å². The number of likely N-dealkylation sites (tertiary alicyclic amines) is 1. The third-order valence-corrected chi connectivity index (χ3v) is 3.27. The Labute approximate surface area is 121 Å². The van der Waals surface area contributed by atoms with Crippen LogP contribution in [0.5, 0.6) is 0 Å². The fraction of sp³-hybridized carbons (Fsp3) is 0.857. The quantitative estimate of drug-likeness (QED) is 0.779. The molecule has 1 fully saturated rings. The minimum atomic E-state index is -0.711. The molecule has 0 bridgehead atoms. The van der Waals surface area contributed by atoms with E-state index in [9.17, 15) is 9.59 Å². The maximum atomic E-state index is 10.3. The molecule has 1 aliphatic heterocycles. The molecule has 0 aromatic heterocycles. The van der Waals surface area contributed by atoms with Crippen LogP contribution >= 0.6 is 0 Å². The lowest BCUT2D eigenvalue weighted by molar-refractivity contribution is -0.137. The lowest BCUT2D eigenvalue weighted by Crippen LogP contribution is -2.33. The van der Waals surface area contributed by atoms with Gasteiger partial charge in [0, 0.05) is 25.7 Å². The summed E-state index contributed by atoms with van der Waals surface area (Å²) in [4.78, 5) is 24.5. The van der Waals surface area contributed by atoms with Gasteiger partial charge in [-0.15, -0.1) is 0 Å². The Morgan fingerprint density at radius 2 is 1.80 bits per heavy atom. The van der Waals surface area contributed by atoms with Crippen LogP contribution in [0.15, 0.2) is 0 Å². The first kappa shape index (κ1) is 18.7. The fourth-order valence-corrected chi connectivity index (χ4v) is 2.09. The highest BCUT2D eigenvalue weighted by molar-refractivity contribution is 5.72. The average molecular weight is 287 g/mol. The van der Waals surface area contributed by atoms with Gasteiger partial charge in [0.2, 0.25) is 0 Å². The van der Waals surface area contributed by atoms with Crippen molar-refractivity contribution in [1.29, 1.82) is 0 Å². The maximum Gasteiger partial charge on any atom is 0.314 e. The molecule has 0 spiro atoms. The van der Waals surface area contributed by atoms with E-state index in [-0.39, 0.29) is 12.5 Å². The number of nitrogens with zero attached hydrogens (tertiary/aromatic N) is 2. The Morgan fingerprint density at radius 1 is 1.25 bits per heavy atom. The molecule has 6 heteroatoms. The van der Waals surface area contributed by atoms with Gasteiger partial charge in [0.1, 0.15) is 0 Å². The lowest BCUT2D eigenvalue weighted by Gasteiger charge is -2.24. The van der Waals surface area contributed by atoms with Gasteiger partial charge in [-0.2, -0.15) is 0 Å². The van der Waals surface area contributed by atoms with Crippen LogP contribution in [0, 0.1) is 0 Å². The summed E-state index contributed by atoms with van der Waals surface area (Å²) < 4.78 is 0. The first-order valence-electron chi connectivity index (χ1n) is 7.38. The molecule has 1 rings (SSSR count). The van der Waals surface area contributed by atoms with Crippen molar-refractivity contribution in [2.24, 2.45) is 5.73 Å². The van der Waals surface area contributed by atoms with Crippen molar-refractivity contribution in [3.05, 3.63) is 0 Å². The van der Waals surface area contributed by atoms with Gasteiger partial charge in [-0.05, 0) is 39.7 Å². The maximum absolute atomic E-state index is 10.3. The fourth-order valence-electron chi connectivity index (χ4n) is 2.09. The second-order valence-electron chi connectivity index (χ2n) is 5.31. The van der Waals surface area contributed by atoms with Crippen molar-refractivity contribution >= 4 is 12.0 Å². The summed E-state index contributed by atoms with van der Waals surface area (Å²) in [6.45, 7) is 9.67. The molecule has 0 saturated carbocycles. The number of hydrogen-bond donors (Lipinski definition) is 2. The minimum absolute atomic E-state index is 0.248. The van der Waals surface area contributed by atoms with Crippen molar-refractivity contribution in [3.63, 3.8) is 0 Å². The van der Waals surface area contributed by atoms with Gasteiger partial charge in [-0.1, -0.05) is 6.92 Å². The van der Waals surface area contributed by atoms with E-state index < -0.39 is 5.97 Å². The summed E-state index contributed by atoms with van der Waals surface area (Å²) in [6.07, 6.45) is 3.56. The van der Waals surface area contributed by atoms with Gasteiger partial charge in [0.05, 0.1) is 6.42 Å².